The van der Waals surface area contributed by atoms with Crippen molar-refractivity contribution in [3.63, 3.8) is 0 Å². The van der Waals surface area contributed by atoms with Gasteiger partial charge >= 0.3 is 0 Å². The highest BCUT2D eigenvalue weighted by Gasteiger charge is 2.19. The Morgan fingerprint density at radius 1 is 1.62 bits per heavy atom. The van der Waals surface area contributed by atoms with Crippen LogP contribution in [0.1, 0.15) is 30.8 Å². The molecule has 0 bridgehead atoms. The van der Waals surface area contributed by atoms with Gasteiger partial charge in [0.25, 0.3) is 5.91 Å². The Hall–Kier alpha value is -1.13. The van der Waals surface area contributed by atoms with Crippen LogP contribution in [-0.2, 0) is 0 Å². The van der Waals surface area contributed by atoms with Crippen LogP contribution in [0.2, 0.25) is 5.02 Å². The minimum Gasteiger partial charge on any atom is -0.388 e. The van der Waals surface area contributed by atoms with Crippen LogP contribution in [0.25, 0.3) is 0 Å². The summed E-state index contributed by atoms with van der Waals surface area (Å²) in [7, 11) is 0. The zero-order valence-electron chi connectivity index (χ0n) is 9.33. The van der Waals surface area contributed by atoms with Crippen molar-refractivity contribution in [3.8, 4) is 0 Å². The highest BCUT2D eigenvalue weighted by molar-refractivity contribution is 6.30. The van der Waals surface area contributed by atoms with Crippen molar-refractivity contribution >= 4 is 17.5 Å². The number of aromatic nitrogens is 1. The van der Waals surface area contributed by atoms with E-state index in [9.17, 15) is 9.90 Å². The molecule has 1 amide bonds. The van der Waals surface area contributed by atoms with Gasteiger partial charge in [-0.2, -0.15) is 0 Å². The zero-order chi connectivity index (χ0) is 12.2. The molecule has 1 heterocycles. The molecule has 0 aliphatic heterocycles. The fraction of sp³-hybridized carbons (Fsp3) is 0.455. The minimum absolute atomic E-state index is 0.201. The van der Waals surface area contributed by atoms with E-state index in [1.165, 1.54) is 6.20 Å². The SMILES string of the molecule is CCC(C)(O)CNC(=O)c1ccc(Cl)cn1. The summed E-state index contributed by atoms with van der Waals surface area (Å²) in [6.45, 7) is 3.72. The number of amides is 1. The molecule has 0 aromatic carbocycles. The third kappa shape index (κ3) is 3.79. The van der Waals surface area contributed by atoms with E-state index in [4.69, 9.17) is 11.6 Å². The van der Waals surface area contributed by atoms with Crippen molar-refractivity contribution in [3.05, 3.63) is 29.0 Å². The summed E-state index contributed by atoms with van der Waals surface area (Å²) in [6.07, 6.45) is 1.98. The molecule has 0 aliphatic rings. The van der Waals surface area contributed by atoms with Gasteiger partial charge in [0.1, 0.15) is 5.69 Å². The van der Waals surface area contributed by atoms with Gasteiger partial charge in [-0.1, -0.05) is 18.5 Å². The lowest BCUT2D eigenvalue weighted by atomic mass is 10.0. The summed E-state index contributed by atoms with van der Waals surface area (Å²) in [4.78, 5) is 15.5. The first kappa shape index (κ1) is 12.9. The topological polar surface area (TPSA) is 62.2 Å². The van der Waals surface area contributed by atoms with Gasteiger partial charge in [-0.3, -0.25) is 4.79 Å². The molecular weight excluding hydrogens is 228 g/mol. The van der Waals surface area contributed by atoms with Crippen LogP contribution in [0.15, 0.2) is 18.3 Å². The lowest BCUT2D eigenvalue weighted by Gasteiger charge is -2.21. The van der Waals surface area contributed by atoms with Gasteiger partial charge in [0, 0.05) is 12.7 Å². The number of carbonyl (C=O) groups is 1. The normalized spacial score (nSPS) is 14.2. The summed E-state index contributed by atoms with van der Waals surface area (Å²) < 4.78 is 0. The van der Waals surface area contributed by atoms with Gasteiger partial charge in [-0.05, 0) is 25.5 Å². The smallest absolute Gasteiger partial charge is 0.269 e. The number of nitrogens with one attached hydrogen (secondary N) is 1. The second kappa shape index (κ2) is 5.27. The van der Waals surface area contributed by atoms with E-state index in [1.54, 1.807) is 19.1 Å². The van der Waals surface area contributed by atoms with Crippen molar-refractivity contribution < 1.29 is 9.90 Å². The Morgan fingerprint density at radius 2 is 2.31 bits per heavy atom. The van der Waals surface area contributed by atoms with E-state index in [0.717, 1.165) is 0 Å². The van der Waals surface area contributed by atoms with E-state index in [2.05, 4.69) is 10.3 Å². The maximum absolute atomic E-state index is 11.6. The summed E-state index contributed by atoms with van der Waals surface area (Å²) in [5.74, 6) is -0.314. The number of halogens is 1. The molecule has 1 aromatic rings. The van der Waals surface area contributed by atoms with Crippen LogP contribution in [-0.4, -0.2) is 28.1 Å². The lowest BCUT2D eigenvalue weighted by molar-refractivity contribution is 0.0517. The molecule has 0 fully saturated rings. The first-order valence-corrected chi connectivity index (χ1v) is 5.44. The number of aliphatic hydroxyl groups is 1. The largest absolute Gasteiger partial charge is 0.388 e. The highest BCUT2D eigenvalue weighted by Crippen LogP contribution is 2.08. The average molecular weight is 243 g/mol. The molecule has 16 heavy (non-hydrogen) atoms. The number of nitrogens with zero attached hydrogens (tertiary/aromatic N) is 1. The Kier molecular flexibility index (Phi) is 4.26. The summed E-state index contributed by atoms with van der Waals surface area (Å²) in [5.41, 5.74) is -0.599. The van der Waals surface area contributed by atoms with Gasteiger partial charge in [0.05, 0.1) is 10.6 Å². The Bertz CT molecular complexity index is 363. The Balaban J connectivity index is 2.56. The predicted molar refractivity (Wildman–Crippen MR) is 62.5 cm³/mol. The molecule has 1 atom stereocenters. The number of pyridine rings is 1. The third-order valence-corrected chi connectivity index (χ3v) is 2.58. The zero-order valence-corrected chi connectivity index (χ0v) is 10.1. The molecule has 0 saturated heterocycles. The van der Waals surface area contributed by atoms with Crippen molar-refractivity contribution in [1.82, 2.24) is 10.3 Å². The van der Waals surface area contributed by atoms with E-state index < -0.39 is 5.60 Å². The van der Waals surface area contributed by atoms with Crippen LogP contribution in [0.3, 0.4) is 0 Å². The molecule has 2 N–H and O–H groups in total. The van der Waals surface area contributed by atoms with Gasteiger partial charge in [0.15, 0.2) is 0 Å². The average Bonchev–Trinajstić information content (AvgIpc) is 2.27. The standard InChI is InChI=1S/C11H15ClN2O2/c1-3-11(2,16)7-14-10(15)9-5-4-8(12)6-13-9/h4-6,16H,3,7H2,1-2H3,(H,14,15). The van der Waals surface area contributed by atoms with Crippen LogP contribution >= 0.6 is 11.6 Å². The molecule has 5 heteroatoms. The van der Waals surface area contributed by atoms with E-state index in [1.807, 2.05) is 6.92 Å². The molecule has 0 spiro atoms. The van der Waals surface area contributed by atoms with Crippen LogP contribution in [0, 0.1) is 0 Å². The van der Waals surface area contributed by atoms with Gasteiger partial charge in [-0.25, -0.2) is 4.98 Å². The molecule has 1 rings (SSSR count). The summed E-state index contributed by atoms with van der Waals surface area (Å²) in [5, 5.41) is 12.8. The second-order valence-corrected chi connectivity index (χ2v) is 4.33. The molecule has 0 saturated carbocycles. The number of hydrogen-bond donors (Lipinski definition) is 2. The van der Waals surface area contributed by atoms with Crippen LogP contribution in [0.5, 0.6) is 0 Å². The summed E-state index contributed by atoms with van der Waals surface area (Å²) >= 11 is 5.65. The monoisotopic (exact) mass is 242 g/mol. The second-order valence-electron chi connectivity index (χ2n) is 3.89. The van der Waals surface area contributed by atoms with Gasteiger partial charge in [0.2, 0.25) is 0 Å². The minimum atomic E-state index is -0.887. The van der Waals surface area contributed by atoms with Crippen molar-refractivity contribution in [2.45, 2.75) is 25.9 Å². The molecule has 1 aromatic heterocycles. The number of carbonyl (C=O) groups excluding carboxylic acids is 1. The maximum Gasteiger partial charge on any atom is 0.269 e. The first-order chi connectivity index (χ1) is 7.44. The maximum atomic E-state index is 11.6. The van der Waals surface area contributed by atoms with E-state index in [0.29, 0.717) is 11.4 Å². The van der Waals surface area contributed by atoms with Gasteiger partial charge < -0.3 is 10.4 Å². The van der Waals surface area contributed by atoms with Crippen molar-refractivity contribution in [1.29, 1.82) is 0 Å². The van der Waals surface area contributed by atoms with Crippen LogP contribution in [0.4, 0.5) is 0 Å². The van der Waals surface area contributed by atoms with Crippen LogP contribution < -0.4 is 5.32 Å². The molecule has 88 valence electrons. The highest BCUT2D eigenvalue weighted by atomic mass is 35.5. The van der Waals surface area contributed by atoms with E-state index >= 15 is 0 Å². The molecule has 0 radical (unpaired) electrons. The molecule has 4 nitrogen and oxygen atoms in total. The Labute approximate surface area is 99.6 Å². The van der Waals surface area contributed by atoms with Gasteiger partial charge in [-0.15, -0.1) is 0 Å². The quantitative estimate of drug-likeness (QED) is 0.844. The fourth-order valence-electron chi connectivity index (χ4n) is 0.996. The van der Waals surface area contributed by atoms with Crippen molar-refractivity contribution in [2.75, 3.05) is 6.54 Å². The number of rotatable bonds is 4. The van der Waals surface area contributed by atoms with E-state index in [-0.39, 0.29) is 18.1 Å². The van der Waals surface area contributed by atoms with Crippen molar-refractivity contribution in [2.24, 2.45) is 0 Å². The molecule has 0 aliphatic carbocycles. The molecule has 1 unspecified atom stereocenters. The fourth-order valence-corrected chi connectivity index (χ4v) is 1.11. The Morgan fingerprint density at radius 3 is 2.81 bits per heavy atom. The predicted octanol–water partition coefficient (Wildman–Crippen LogP) is 1.63. The lowest BCUT2D eigenvalue weighted by Crippen LogP contribution is -2.40. The first-order valence-electron chi connectivity index (χ1n) is 5.07. The molecular formula is C11H15ClN2O2. The number of hydrogen-bond acceptors (Lipinski definition) is 3. The summed E-state index contributed by atoms with van der Waals surface area (Å²) in [6, 6.07) is 3.14. The third-order valence-electron chi connectivity index (χ3n) is 2.35.